The molecule has 0 saturated carbocycles. The second-order valence-electron chi connectivity index (χ2n) is 7.14. The van der Waals surface area contributed by atoms with Gasteiger partial charge >= 0.3 is 225 Å². The molecule has 0 amide bonds. The molecule has 0 radical (unpaired) electrons. The summed E-state index contributed by atoms with van der Waals surface area (Å²) in [7, 11) is 1.67. The zero-order valence-electron chi connectivity index (χ0n) is 19.9. The molecule has 8 nitrogen and oxygen atoms in total. The van der Waals surface area contributed by atoms with E-state index in [1.54, 1.807) is 7.11 Å². The molecular weight excluding hydrogens is 526 g/mol. The van der Waals surface area contributed by atoms with E-state index < -0.39 is 0 Å². The van der Waals surface area contributed by atoms with Crippen molar-refractivity contribution in [2.45, 2.75) is 32.4 Å². The Morgan fingerprint density at radius 1 is 0.861 bits per heavy atom. The summed E-state index contributed by atoms with van der Waals surface area (Å²) in [5, 5.41) is 2.72. The summed E-state index contributed by atoms with van der Waals surface area (Å²) in [6, 6.07) is 17.9. The Kier molecular flexibility index (Phi) is 22.7. The fourth-order valence-corrected chi connectivity index (χ4v) is 3.47. The standard InChI is InChI=1S/C21H22ClNO2.5CO.Cr/c1-21(2,3)23-19(15-8-6-5-7-9-15)18(14-24-4)20(25-23)16-10-12-17(22)13-11-16;5*1-2;/h5-13,19H,1-4H3;;;;;;. The van der Waals surface area contributed by atoms with E-state index in [1.807, 2.05) is 47.5 Å². The molecular formula is C26H22ClCrNO7. The Morgan fingerprint density at radius 3 is 1.69 bits per heavy atom. The maximum absolute atomic E-state index is 7.50. The van der Waals surface area contributed by atoms with Gasteiger partial charge in [0.2, 0.25) is 0 Å². The molecule has 36 heavy (non-hydrogen) atoms. The Balaban J connectivity index is -0.000000973. The molecule has 0 saturated heterocycles. The van der Waals surface area contributed by atoms with Gasteiger partial charge in [-0.15, -0.1) is 0 Å². The molecule has 0 N–H and O–H groups in total. The van der Waals surface area contributed by atoms with Gasteiger partial charge in [-0.05, 0) is 0 Å². The van der Waals surface area contributed by atoms with Crippen molar-refractivity contribution in [3.63, 3.8) is 0 Å². The van der Waals surface area contributed by atoms with Crippen molar-refractivity contribution in [3.8, 4) is 0 Å². The van der Waals surface area contributed by atoms with Crippen molar-refractivity contribution in [1.82, 2.24) is 5.06 Å². The molecule has 0 aliphatic carbocycles. The fraction of sp³-hybridized carbons (Fsp3) is 0.231. The summed E-state index contributed by atoms with van der Waals surface area (Å²) in [5.41, 5.74) is 2.87. The van der Waals surface area contributed by atoms with E-state index in [-0.39, 0.29) is 11.6 Å². The van der Waals surface area contributed by atoms with Crippen LogP contribution in [0.1, 0.15) is 37.9 Å². The maximum atomic E-state index is 7.50. The van der Waals surface area contributed by atoms with Crippen molar-refractivity contribution in [1.29, 1.82) is 0 Å². The van der Waals surface area contributed by atoms with Gasteiger partial charge in [-0.1, -0.05) is 0 Å². The molecule has 1 unspecified atom stereocenters. The Bertz CT molecular complexity index is 1020. The van der Waals surface area contributed by atoms with Crippen LogP contribution >= 0.6 is 11.6 Å². The van der Waals surface area contributed by atoms with Crippen molar-refractivity contribution in [2.24, 2.45) is 0 Å². The summed E-state index contributed by atoms with van der Waals surface area (Å²) < 4.78 is 43.8. The summed E-state index contributed by atoms with van der Waals surface area (Å²) >= 11 is 9.12. The SMILES string of the molecule is CO[C](=[Cr])C1=C(c2ccc(Cl)cc2)ON(C(C)(C)C)C1c1ccccc1.[C-]#[O+].[C-]#[O+].[C-]#[O+].[C-]#[O+].[C-]#[O+]. The molecule has 1 heterocycles. The number of ether oxygens (including phenoxy) is 1. The van der Waals surface area contributed by atoms with Gasteiger partial charge < -0.3 is 0 Å². The van der Waals surface area contributed by atoms with Crippen LogP contribution in [0.4, 0.5) is 0 Å². The number of nitrogens with zero attached hydrogens (tertiary/aromatic N) is 1. The van der Waals surface area contributed by atoms with Crippen LogP contribution < -0.4 is 0 Å². The van der Waals surface area contributed by atoms with Crippen LogP contribution in [0.3, 0.4) is 0 Å². The minimum atomic E-state index is -0.214. The van der Waals surface area contributed by atoms with Crippen LogP contribution in [0, 0.1) is 33.3 Å². The van der Waals surface area contributed by atoms with Crippen LogP contribution in [-0.4, -0.2) is 22.3 Å². The van der Waals surface area contributed by atoms with E-state index in [4.69, 9.17) is 44.4 Å². The summed E-state index contributed by atoms with van der Waals surface area (Å²) in [5.74, 6) is 0.779. The van der Waals surface area contributed by atoms with Gasteiger partial charge in [0.05, 0.1) is 0 Å². The molecule has 1 aliphatic rings. The first kappa shape index (κ1) is 37.8. The third-order valence-corrected chi connectivity index (χ3v) is 5.09. The first-order valence-electron chi connectivity index (χ1n) is 9.45. The van der Waals surface area contributed by atoms with Crippen LogP contribution in [0.5, 0.6) is 0 Å². The predicted octanol–water partition coefficient (Wildman–Crippen LogP) is 4.97. The number of hydrogen-bond acceptors (Lipinski definition) is 3. The first-order valence-corrected chi connectivity index (χ1v) is 10.5. The fourth-order valence-electron chi connectivity index (χ4n) is 3.03. The third kappa shape index (κ3) is 10.9. The van der Waals surface area contributed by atoms with Gasteiger partial charge in [0.15, 0.2) is 0 Å². The van der Waals surface area contributed by atoms with Crippen LogP contribution in [0.2, 0.25) is 5.02 Å². The van der Waals surface area contributed by atoms with E-state index in [1.165, 1.54) is 0 Å². The molecule has 0 aromatic heterocycles. The van der Waals surface area contributed by atoms with E-state index in [0.29, 0.717) is 5.02 Å². The topological polar surface area (TPSA) is 121 Å². The van der Waals surface area contributed by atoms with Gasteiger partial charge in [0.25, 0.3) is 0 Å². The third-order valence-electron chi connectivity index (χ3n) is 4.23. The number of methoxy groups -OCH3 is 1. The molecule has 0 fully saturated rings. The normalized spacial score (nSPS) is 13.4. The predicted molar refractivity (Wildman–Crippen MR) is 122 cm³/mol. The van der Waals surface area contributed by atoms with Gasteiger partial charge in [-0.25, -0.2) is 0 Å². The number of rotatable bonds is 4. The second-order valence-corrected chi connectivity index (χ2v) is 8.16. The molecule has 10 heteroatoms. The molecule has 186 valence electrons. The van der Waals surface area contributed by atoms with E-state index in [9.17, 15) is 0 Å². The molecule has 2 aromatic rings. The number of benzene rings is 2. The number of hydroxylamine groups is 2. The van der Waals surface area contributed by atoms with Gasteiger partial charge in [0.1, 0.15) is 0 Å². The van der Waals surface area contributed by atoms with Gasteiger partial charge in [-0.3, -0.25) is 0 Å². The van der Waals surface area contributed by atoms with Crippen LogP contribution in [0.15, 0.2) is 60.2 Å². The molecule has 1 aliphatic heterocycles. The quantitative estimate of drug-likeness (QED) is 0.396. The minimum absolute atomic E-state index is 0.0851. The summed E-state index contributed by atoms with van der Waals surface area (Å²) in [4.78, 5) is 6.40. The van der Waals surface area contributed by atoms with Crippen LogP contribution in [-0.2, 0) is 48.7 Å². The summed E-state index contributed by atoms with van der Waals surface area (Å²) in [6.07, 6.45) is 0. The summed E-state index contributed by atoms with van der Waals surface area (Å²) in [6.45, 7) is 28.9. The van der Waals surface area contributed by atoms with Gasteiger partial charge in [0, 0.05) is 0 Å². The number of halogens is 1. The number of hydrogen-bond donors (Lipinski definition) is 0. The second kappa shape index (κ2) is 21.6. The van der Waals surface area contributed by atoms with E-state index in [2.05, 4.69) is 82.0 Å². The molecule has 2 aromatic carbocycles. The van der Waals surface area contributed by atoms with Crippen molar-refractivity contribution >= 4 is 21.9 Å². The average Bonchev–Trinajstić information content (AvgIpc) is 3.36. The van der Waals surface area contributed by atoms with Crippen LogP contribution in [0.25, 0.3) is 5.76 Å². The molecule has 0 bridgehead atoms. The average molecular weight is 548 g/mol. The van der Waals surface area contributed by atoms with Gasteiger partial charge in [-0.2, -0.15) is 0 Å². The molecule has 1 atom stereocenters. The Morgan fingerprint density at radius 2 is 1.31 bits per heavy atom. The molecule has 3 rings (SSSR count). The van der Waals surface area contributed by atoms with E-state index in [0.717, 1.165) is 27.0 Å². The van der Waals surface area contributed by atoms with Crippen molar-refractivity contribution < 1.29 is 48.7 Å². The van der Waals surface area contributed by atoms with Crippen molar-refractivity contribution in [2.75, 3.05) is 7.11 Å². The van der Waals surface area contributed by atoms with E-state index >= 15 is 0 Å². The first-order chi connectivity index (χ1) is 17.3. The monoisotopic (exact) mass is 547 g/mol. The Hall–Kier alpha value is -2.71. The molecule has 0 spiro atoms. The van der Waals surface area contributed by atoms with Crippen molar-refractivity contribution in [3.05, 3.63) is 110 Å². The Labute approximate surface area is 224 Å². The zero-order chi connectivity index (χ0) is 28.9. The zero-order valence-corrected chi connectivity index (χ0v) is 21.9.